The van der Waals surface area contributed by atoms with E-state index < -0.39 is 0 Å². The molecule has 0 bridgehead atoms. The Morgan fingerprint density at radius 1 is 1.38 bits per heavy atom. The molecule has 0 unspecified atom stereocenters. The standard InChI is InChI=1S/C13H18N2O/c1-9(2)5-11-6-12-13(16-4)14-10(3)7-15(12)8-11/h6-9H,5H2,1-4H3. The molecule has 2 aromatic rings. The molecule has 0 aliphatic heterocycles. The van der Waals surface area contributed by atoms with Crippen LogP contribution in [0.1, 0.15) is 25.1 Å². The SMILES string of the molecule is COc1nc(C)cn2cc(CC(C)C)cc12. The summed E-state index contributed by atoms with van der Waals surface area (Å²) in [6, 6.07) is 2.16. The third-order valence-corrected chi connectivity index (χ3v) is 2.57. The number of rotatable bonds is 3. The smallest absolute Gasteiger partial charge is 0.238 e. The van der Waals surface area contributed by atoms with Crippen LogP contribution in [0.25, 0.3) is 5.52 Å². The van der Waals surface area contributed by atoms with E-state index in [2.05, 4.69) is 35.5 Å². The third kappa shape index (κ3) is 2.03. The molecule has 0 radical (unpaired) electrons. The van der Waals surface area contributed by atoms with E-state index >= 15 is 0 Å². The summed E-state index contributed by atoms with van der Waals surface area (Å²) in [4.78, 5) is 4.37. The molecule has 0 saturated carbocycles. The summed E-state index contributed by atoms with van der Waals surface area (Å²) < 4.78 is 7.39. The molecule has 0 atom stereocenters. The van der Waals surface area contributed by atoms with Crippen molar-refractivity contribution in [2.45, 2.75) is 27.2 Å². The lowest BCUT2D eigenvalue weighted by Crippen LogP contribution is -1.94. The molecule has 2 aromatic heterocycles. The summed E-state index contributed by atoms with van der Waals surface area (Å²) in [6.07, 6.45) is 5.28. The maximum absolute atomic E-state index is 5.29. The van der Waals surface area contributed by atoms with Crippen molar-refractivity contribution in [3.8, 4) is 5.88 Å². The highest BCUT2D eigenvalue weighted by molar-refractivity contribution is 5.59. The average Bonchev–Trinajstić information content (AvgIpc) is 2.57. The van der Waals surface area contributed by atoms with Crippen molar-refractivity contribution in [3.05, 3.63) is 29.7 Å². The van der Waals surface area contributed by atoms with Gasteiger partial charge < -0.3 is 9.14 Å². The van der Waals surface area contributed by atoms with Crippen molar-refractivity contribution in [2.24, 2.45) is 5.92 Å². The molecule has 0 N–H and O–H groups in total. The van der Waals surface area contributed by atoms with Gasteiger partial charge >= 0.3 is 0 Å². The van der Waals surface area contributed by atoms with Crippen LogP contribution in [0.5, 0.6) is 5.88 Å². The van der Waals surface area contributed by atoms with E-state index in [4.69, 9.17) is 4.74 Å². The molecule has 2 heterocycles. The molecule has 0 aliphatic carbocycles. The van der Waals surface area contributed by atoms with E-state index in [1.54, 1.807) is 7.11 Å². The molecule has 0 amide bonds. The maximum Gasteiger partial charge on any atom is 0.238 e. The van der Waals surface area contributed by atoms with Gasteiger partial charge in [0.2, 0.25) is 5.88 Å². The summed E-state index contributed by atoms with van der Waals surface area (Å²) in [5.74, 6) is 1.37. The summed E-state index contributed by atoms with van der Waals surface area (Å²) in [7, 11) is 1.66. The highest BCUT2D eigenvalue weighted by Crippen LogP contribution is 2.21. The van der Waals surface area contributed by atoms with Gasteiger partial charge in [0, 0.05) is 12.4 Å². The maximum atomic E-state index is 5.29. The van der Waals surface area contributed by atoms with Crippen LogP contribution < -0.4 is 4.74 Å². The molecule has 0 saturated heterocycles. The lowest BCUT2D eigenvalue weighted by Gasteiger charge is -2.03. The molecule has 3 nitrogen and oxygen atoms in total. The van der Waals surface area contributed by atoms with Gasteiger partial charge in [-0.1, -0.05) is 13.8 Å². The summed E-state index contributed by atoms with van der Waals surface area (Å²) >= 11 is 0. The monoisotopic (exact) mass is 218 g/mol. The highest BCUT2D eigenvalue weighted by atomic mass is 16.5. The first kappa shape index (κ1) is 11.0. The number of fused-ring (bicyclic) bond motifs is 1. The Morgan fingerprint density at radius 2 is 2.12 bits per heavy atom. The quantitative estimate of drug-likeness (QED) is 0.792. The Balaban J connectivity index is 2.51. The minimum absolute atomic E-state index is 0.664. The first-order chi connectivity index (χ1) is 7.60. The second-order valence-electron chi connectivity index (χ2n) is 4.63. The third-order valence-electron chi connectivity index (χ3n) is 2.57. The predicted octanol–water partition coefficient (Wildman–Crippen LogP) is 2.85. The van der Waals surface area contributed by atoms with Crippen molar-refractivity contribution in [1.29, 1.82) is 0 Å². The zero-order valence-corrected chi connectivity index (χ0v) is 10.3. The van der Waals surface area contributed by atoms with Gasteiger partial charge in [0.1, 0.15) is 5.52 Å². The number of ether oxygens (including phenoxy) is 1. The van der Waals surface area contributed by atoms with Gasteiger partial charge in [-0.25, -0.2) is 4.98 Å². The molecular formula is C13H18N2O. The molecule has 0 aromatic carbocycles. The Bertz CT molecular complexity index is 500. The zero-order chi connectivity index (χ0) is 11.7. The number of aryl methyl sites for hydroxylation is 1. The molecule has 16 heavy (non-hydrogen) atoms. The number of methoxy groups -OCH3 is 1. The zero-order valence-electron chi connectivity index (χ0n) is 10.3. The van der Waals surface area contributed by atoms with Crippen LogP contribution in [-0.2, 0) is 6.42 Å². The van der Waals surface area contributed by atoms with Crippen LogP contribution in [0, 0.1) is 12.8 Å². The van der Waals surface area contributed by atoms with E-state index in [1.165, 1.54) is 5.56 Å². The lowest BCUT2D eigenvalue weighted by atomic mass is 10.1. The average molecular weight is 218 g/mol. The molecule has 0 aliphatic rings. The topological polar surface area (TPSA) is 26.5 Å². The Kier molecular flexibility index (Phi) is 2.86. The molecule has 0 fully saturated rings. The van der Waals surface area contributed by atoms with E-state index in [0.717, 1.165) is 17.6 Å². The van der Waals surface area contributed by atoms with Gasteiger partial charge in [-0.3, -0.25) is 0 Å². The van der Waals surface area contributed by atoms with Crippen molar-refractivity contribution in [2.75, 3.05) is 7.11 Å². The Labute approximate surface area is 96.1 Å². The molecule has 2 rings (SSSR count). The number of nitrogens with zero attached hydrogens (tertiary/aromatic N) is 2. The number of hydrogen-bond acceptors (Lipinski definition) is 2. The summed E-state index contributed by atoms with van der Waals surface area (Å²) in [5.41, 5.74) is 3.35. The summed E-state index contributed by atoms with van der Waals surface area (Å²) in [6.45, 7) is 6.43. The fourth-order valence-corrected chi connectivity index (χ4v) is 2.00. The van der Waals surface area contributed by atoms with Crippen LogP contribution in [0.15, 0.2) is 18.5 Å². The second kappa shape index (κ2) is 4.16. The van der Waals surface area contributed by atoms with Crippen LogP contribution >= 0.6 is 0 Å². The Hall–Kier alpha value is -1.51. The van der Waals surface area contributed by atoms with Crippen LogP contribution in [-0.4, -0.2) is 16.5 Å². The van der Waals surface area contributed by atoms with Crippen LogP contribution in [0.3, 0.4) is 0 Å². The second-order valence-corrected chi connectivity index (χ2v) is 4.63. The summed E-state index contributed by atoms with van der Waals surface area (Å²) in [5, 5.41) is 0. The van der Waals surface area contributed by atoms with E-state index in [9.17, 15) is 0 Å². The fourth-order valence-electron chi connectivity index (χ4n) is 2.00. The van der Waals surface area contributed by atoms with Crippen molar-refractivity contribution in [3.63, 3.8) is 0 Å². The lowest BCUT2D eigenvalue weighted by molar-refractivity contribution is 0.400. The van der Waals surface area contributed by atoms with Crippen LogP contribution in [0.2, 0.25) is 0 Å². The van der Waals surface area contributed by atoms with Crippen molar-refractivity contribution in [1.82, 2.24) is 9.38 Å². The first-order valence-electron chi connectivity index (χ1n) is 5.62. The van der Waals surface area contributed by atoms with Crippen molar-refractivity contribution < 1.29 is 4.74 Å². The van der Waals surface area contributed by atoms with E-state index in [1.807, 2.05) is 13.1 Å². The van der Waals surface area contributed by atoms with Gasteiger partial charge in [0.05, 0.1) is 12.8 Å². The largest absolute Gasteiger partial charge is 0.479 e. The number of hydrogen-bond donors (Lipinski definition) is 0. The van der Waals surface area contributed by atoms with Gasteiger partial charge in [-0.05, 0) is 30.9 Å². The minimum Gasteiger partial charge on any atom is -0.479 e. The Morgan fingerprint density at radius 3 is 2.75 bits per heavy atom. The van der Waals surface area contributed by atoms with E-state index in [-0.39, 0.29) is 0 Å². The fraction of sp³-hybridized carbons (Fsp3) is 0.462. The number of aromatic nitrogens is 2. The highest BCUT2D eigenvalue weighted by Gasteiger charge is 2.08. The molecule has 0 spiro atoms. The van der Waals surface area contributed by atoms with Gasteiger partial charge in [0.25, 0.3) is 0 Å². The van der Waals surface area contributed by atoms with Gasteiger partial charge in [0.15, 0.2) is 0 Å². The van der Waals surface area contributed by atoms with Gasteiger partial charge in [-0.15, -0.1) is 0 Å². The van der Waals surface area contributed by atoms with Gasteiger partial charge in [-0.2, -0.15) is 0 Å². The molecular weight excluding hydrogens is 200 g/mol. The molecule has 3 heteroatoms. The predicted molar refractivity (Wildman–Crippen MR) is 65.0 cm³/mol. The molecule has 86 valence electrons. The van der Waals surface area contributed by atoms with Crippen molar-refractivity contribution >= 4 is 5.52 Å². The van der Waals surface area contributed by atoms with Crippen LogP contribution in [0.4, 0.5) is 0 Å². The van der Waals surface area contributed by atoms with E-state index in [0.29, 0.717) is 11.8 Å². The minimum atomic E-state index is 0.664. The first-order valence-corrected chi connectivity index (χ1v) is 5.62. The normalized spacial score (nSPS) is 11.3.